The summed E-state index contributed by atoms with van der Waals surface area (Å²) >= 11 is 0. The summed E-state index contributed by atoms with van der Waals surface area (Å²) < 4.78 is 19.2. The van der Waals surface area contributed by atoms with Crippen molar-refractivity contribution in [3.63, 3.8) is 0 Å². The molecule has 5 heteroatoms. The first kappa shape index (κ1) is 13.7. The van der Waals surface area contributed by atoms with Crippen LogP contribution in [0.15, 0.2) is 40.9 Å². The number of nitrogens with zero attached hydrogens (tertiary/aromatic N) is 1. The summed E-state index contributed by atoms with van der Waals surface area (Å²) in [4.78, 5) is 4.27. The molecule has 0 saturated heterocycles. The van der Waals surface area contributed by atoms with E-state index in [1.807, 2.05) is 26.0 Å². The van der Waals surface area contributed by atoms with Crippen LogP contribution in [0.2, 0.25) is 0 Å². The lowest BCUT2D eigenvalue weighted by atomic mass is 10.0. The van der Waals surface area contributed by atoms with Gasteiger partial charge in [-0.25, -0.2) is 9.82 Å². The summed E-state index contributed by atoms with van der Waals surface area (Å²) in [7, 11) is 0. The van der Waals surface area contributed by atoms with Crippen LogP contribution in [-0.2, 0) is 0 Å². The number of furan rings is 1. The summed E-state index contributed by atoms with van der Waals surface area (Å²) in [6.07, 6.45) is 1.76. The zero-order valence-electron chi connectivity index (χ0n) is 11.9. The molecule has 0 aliphatic carbocycles. The van der Waals surface area contributed by atoms with Crippen molar-refractivity contribution in [1.29, 1.82) is 0 Å². The third-order valence-corrected chi connectivity index (χ3v) is 3.63. The Morgan fingerprint density at radius 3 is 2.71 bits per heavy atom. The van der Waals surface area contributed by atoms with Gasteiger partial charge in [-0.15, -0.1) is 0 Å². The van der Waals surface area contributed by atoms with E-state index in [0.29, 0.717) is 11.3 Å². The van der Waals surface area contributed by atoms with Gasteiger partial charge in [0, 0.05) is 22.8 Å². The predicted octanol–water partition coefficient (Wildman–Crippen LogP) is 3.14. The Labute approximate surface area is 121 Å². The highest BCUT2D eigenvalue weighted by Gasteiger charge is 2.21. The van der Waals surface area contributed by atoms with Crippen LogP contribution in [-0.4, -0.2) is 4.98 Å². The van der Waals surface area contributed by atoms with Gasteiger partial charge in [-0.05, 0) is 43.7 Å². The van der Waals surface area contributed by atoms with Gasteiger partial charge in [-0.2, -0.15) is 0 Å². The lowest BCUT2D eigenvalue weighted by Gasteiger charge is -2.14. The molecule has 3 aromatic rings. The monoisotopic (exact) mass is 285 g/mol. The average molecular weight is 285 g/mol. The van der Waals surface area contributed by atoms with E-state index in [0.717, 1.165) is 22.2 Å². The van der Waals surface area contributed by atoms with E-state index in [2.05, 4.69) is 10.4 Å². The molecule has 3 N–H and O–H groups in total. The van der Waals surface area contributed by atoms with Gasteiger partial charge in [0.1, 0.15) is 23.2 Å². The van der Waals surface area contributed by atoms with Crippen LogP contribution in [0.5, 0.6) is 0 Å². The lowest BCUT2D eigenvalue weighted by Crippen LogP contribution is -2.29. The maximum Gasteiger partial charge on any atom is 0.134 e. The molecule has 1 atom stereocenters. The molecule has 0 aliphatic heterocycles. The molecule has 0 aliphatic rings. The van der Waals surface area contributed by atoms with E-state index in [4.69, 9.17) is 10.3 Å². The van der Waals surface area contributed by atoms with Gasteiger partial charge < -0.3 is 4.42 Å². The second-order valence-corrected chi connectivity index (χ2v) is 5.06. The van der Waals surface area contributed by atoms with Crippen LogP contribution in [0.1, 0.15) is 28.6 Å². The van der Waals surface area contributed by atoms with Crippen LogP contribution in [0, 0.1) is 19.7 Å². The van der Waals surface area contributed by atoms with Crippen molar-refractivity contribution in [1.82, 2.24) is 10.4 Å². The van der Waals surface area contributed by atoms with Crippen LogP contribution < -0.4 is 11.3 Å². The lowest BCUT2D eigenvalue weighted by molar-refractivity contribution is 0.473. The van der Waals surface area contributed by atoms with Gasteiger partial charge in [0.2, 0.25) is 0 Å². The first-order valence-corrected chi connectivity index (χ1v) is 6.67. The zero-order valence-corrected chi connectivity index (χ0v) is 11.9. The highest BCUT2D eigenvalue weighted by atomic mass is 19.1. The molecule has 1 aromatic carbocycles. The van der Waals surface area contributed by atoms with Crippen LogP contribution in [0.25, 0.3) is 11.0 Å². The molecule has 2 heterocycles. The fraction of sp³-hybridized carbons (Fsp3) is 0.188. The molecule has 1 unspecified atom stereocenters. The van der Waals surface area contributed by atoms with Crippen molar-refractivity contribution in [3.05, 3.63) is 64.9 Å². The van der Waals surface area contributed by atoms with Crippen molar-refractivity contribution < 1.29 is 8.81 Å². The molecule has 2 aromatic heterocycles. The predicted molar refractivity (Wildman–Crippen MR) is 79.0 cm³/mol. The van der Waals surface area contributed by atoms with Gasteiger partial charge in [0.15, 0.2) is 0 Å². The molecule has 4 nitrogen and oxygen atoms in total. The number of benzene rings is 1. The minimum Gasteiger partial charge on any atom is -0.459 e. The standard InChI is InChI=1S/C16H16FN3O/c1-9-3-4-11(8-19-9)15(20-18)16-10(2)13-7-12(17)5-6-14(13)21-16/h3-8,15,20H,18H2,1-2H3. The van der Waals surface area contributed by atoms with Crippen molar-refractivity contribution in [2.24, 2.45) is 5.84 Å². The molecular weight excluding hydrogens is 269 g/mol. The van der Waals surface area contributed by atoms with Crippen molar-refractivity contribution in [2.75, 3.05) is 0 Å². The molecule has 21 heavy (non-hydrogen) atoms. The van der Waals surface area contributed by atoms with E-state index in [-0.39, 0.29) is 11.9 Å². The molecule has 0 spiro atoms. The van der Waals surface area contributed by atoms with E-state index in [9.17, 15) is 4.39 Å². The number of nitrogens with two attached hydrogens (primary N) is 1. The van der Waals surface area contributed by atoms with Gasteiger partial charge in [-0.1, -0.05) is 6.07 Å². The highest BCUT2D eigenvalue weighted by Crippen LogP contribution is 2.32. The number of hydrazine groups is 1. The number of fused-ring (bicyclic) bond motifs is 1. The average Bonchev–Trinajstić information content (AvgIpc) is 2.79. The van der Waals surface area contributed by atoms with Gasteiger partial charge in [-0.3, -0.25) is 10.8 Å². The molecule has 0 bridgehead atoms. The van der Waals surface area contributed by atoms with Crippen LogP contribution >= 0.6 is 0 Å². The summed E-state index contributed by atoms with van der Waals surface area (Å²) in [5, 5.41) is 0.755. The Bertz CT molecular complexity index is 780. The Kier molecular flexibility index (Phi) is 3.45. The number of pyridine rings is 1. The molecule has 0 fully saturated rings. The molecule has 108 valence electrons. The summed E-state index contributed by atoms with van der Waals surface area (Å²) in [6.45, 7) is 3.82. The number of halogens is 1. The number of aryl methyl sites for hydroxylation is 2. The minimum atomic E-state index is -0.325. The fourth-order valence-electron chi connectivity index (χ4n) is 2.46. The van der Waals surface area contributed by atoms with E-state index in [1.165, 1.54) is 12.1 Å². The normalized spacial score (nSPS) is 12.8. The number of nitrogens with one attached hydrogen (secondary N) is 1. The molecule has 0 radical (unpaired) electrons. The number of hydrogen-bond donors (Lipinski definition) is 2. The molecule has 3 rings (SSSR count). The highest BCUT2D eigenvalue weighted by molar-refractivity contribution is 5.82. The third-order valence-electron chi connectivity index (χ3n) is 3.63. The quantitative estimate of drug-likeness (QED) is 0.573. The smallest absolute Gasteiger partial charge is 0.134 e. The number of rotatable bonds is 3. The maximum absolute atomic E-state index is 13.4. The number of hydrogen-bond acceptors (Lipinski definition) is 4. The van der Waals surface area contributed by atoms with Crippen LogP contribution in [0.3, 0.4) is 0 Å². The maximum atomic E-state index is 13.4. The first-order valence-electron chi connectivity index (χ1n) is 6.67. The Morgan fingerprint density at radius 2 is 2.05 bits per heavy atom. The summed E-state index contributed by atoms with van der Waals surface area (Å²) in [6, 6.07) is 8.01. The Morgan fingerprint density at radius 1 is 1.24 bits per heavy atom. The van der Waals surface area contributed by atoms with E-state index in [1.54, 1.807) is 12.3 Å². The minimum absolute atomic E-state index is 0.285. The van der Waals surface area contributed by atoms with Gasteiger partial charge in [0.05, 0.1) is 0 Å². The Hall–Kier alpha value is -2.24. The van der Waals surface area contributed by atoms with Gasteiger partial charge >= 0.3 is 0 Å². The molecular formula is C16H16FN3O. The van der Waals surface area contributed by atoms with Crippen LogP contribution in [0.4, 0.5) is 4.39 Å². The second kappa shape index (κ2) is 5.27. The second-order valence-electron chi connectivity index (χ2n) is 5.06. The van der Waals surface area contributed by atoms with Crippen molar-refractivity contribution >= 4 is 11.0 Å². The topological polar surface area (TPSA) is 64.1 Å². The van der Waals surface area contributed by atoms with E-state index < -0.39 is 0 Å². The molecule has 0 saturated carbocycles. The molecule has 0 amide bonds. The zero-order chi connectivity index (χ0) is 15.0. The largest absolute Gasteiger partial charge is 0.459 e. The summed E-state index contributed by atoms with van der Waals surface area (Å²) in [5.41, 5.74) is 6.08. The van der Waals surface area contributed by atoms with Crippen molar-refractivity contribution in [2.45, 2.75) is 19.9 Å². The third kappa shape index (κ3) is 2.41. The first-order chi connectivity index (χ1) is 10.1. The summed E-state index contributed by atoms with van der Waals surface area (Å²) in [5.74, 6) is 6.07. The van der Waals surface area contributed by atoms with Gasteiger partial charge in [0.25, 0.3) is 0 Å². The fourth-order valence-corrected chi connectivity index (χ4v) is 2.46. The number of aromatic nitrogens is 1. The SMILES string of the molecule is Cc1ccc(C(NN)c2oc3ccc(F)cc3c2C)cn1. The van der Waals surface area contributed by atoms with E-state index >= 15 is 0 Å². The Balaban J connectivity index is 2.12. The van der Waals surface area contributed by atoms with Crippen molar-refractivity contribution in [3.8, 4) is 0 Å².